The summed E-state index contributed by atoms with van der Waals surface area (Å²) in [6, 6.07) is 3.71. The predicted molar refractivity (Wildman–Crippen MR) is 91.7 cm³/mol. The zero-order chi connectivity index (χ0) is 16.8. The van der Waals surface area contributed by atoms with E-state index in [1.807, 2.05) is 19.1 Å². The lowest BCUT2D eigenvalue weighted by atomic mass is 9.96. The molecule has 1 aliphatic heterocycles. The molecule has 2 rings (SSSR count). The maximum Gasteiger partial charge on any atom is 0.252 e. The highest BCUT2D eigenvalue weighted by Gasteiger charge is 2.33. The van der Waals surface area contributed by atoms with Crippen LogP contribution in [-0.4, -0.2) is 67.3 Å². The molecule has 1 aliphatic rings. The number of nitrogens with one attached hydrogen (secondary N) is 1. The van der Waals surface area contributed by atoms with Crippen molar-refractivity contribution in [1.82, 2.24) is 15.2 Å². The third-order valence-electron chi connectivity index (χ3n) is 4.57. The first-order chi connectivity index (χ1) is 11.1. The largest absolute Gasteiger partial charge is 0.396 e. The number of anilines is 1. The van der Waals surface area contributed by atoms with Crippen LogP contribution in [0, 0.1) is 11.8 Å². The second kappa shape index (κ2) is 8.26. The number of aliphatic hydroxyl groups is 1. The van der Waals surface area contributed by atoms with Gasteiger partial charge in [0.2, 0.25) is 0 Å². The van der Waals surface area contributed by atoms with E-state index >= 15 is 0 Å². The zero-order valence-electron chi connectivity index (χ0n) is 14.3. The van der Waals surface area contributed by atoms with Crippen LogP contribution in [0.15, 0.2) is 18.3 Å². The molecule has 0 saturated carbocycles. The Hall–Kier alpha value is -1.66. The molecule has 128 valence electrons. The molecule has 0 aromatic carbocycles. The van der Waals surface area contributed by atoms with Gasteiger partial charge in [-0.1, -0.05) is 6.92 Å². The normalized spacial score (nSPS) is 21.0. The van der Waals surface area contributed by atoms with Gasteiger partial charge in [0.25, 0.3) is 5.91 Å². The van der Waals surface area contributed by atoms with E-state index in [2.05, 4.69) is 34.1 Å². The fourth-order valence-electron chi connectivity index (χ4n) is 3.04. The summed E-state index contributed by atoms with van der Waals surface area (Å²) in [5.74, 6) is 1.49. The van der Waals surface area contributed by atoms with E-state index in [1.54, 1.807) is 6.20 Å². The van der Waals surface area contributed by atoms with E-state index in [4.69, 9.17) is 0 Å². The van der Waals surface area contributed by atoms with E-state index in [-0.39, 0.29) is 18.4 Å². The number of pyridine rings is 1. The van der Waals surface area contributed by atoms with E-state index in [9.17, 15) is 9.90 Å². The van der Waals surface area contributed by atoms with E-state index in [1.165, 1.54) is 0 Å². The molecular weight excluding hydrogens is 292 g/mol. The summed E-state index contributed by atoms with van der Waals surface area (Å²) in [5, 5.41) is 12.4. The van der Waals surface area contributed by atoms with Crippen LogP contribution >= 0.6 is 0 Å². The molecule has 23 heavy (non-hydrogen) atoms. The lowest BCUT2D eigenvalue weighted by Gasteiger charge is -2.22. The minimum atomic E-state index is -0.0938. The van der Waals surface area contributed by atoms with E-state index in [0.29, 0.717) is 18.0 Å². The summed E-state index contributed by atoms with van der Waals surface area (Å²) in [4.78, 5) is 20.7. The van der Waals surface area contributed by atoms with Gasteiger partial charge in [-0.05, 0) is 38.6 Å². The van der Waals surface area contributed by atoms with Crippen molar-refractivity contribution in [2.24, 2.45) is 11.8 Å². The Labute approximate surface area is 138 Å². The average Bonchev–Trinajstić information content (AvgIpc) is 2.98. The van der Waals surface area contributed by atoms with Crippen molar-refractivity contribution in [3.8, 4) is 0 Å². The SMILES string of the molecule is CCNC(=O)c1ccc(N2C[C@@H](CN(C)CC)[C@@H](CO)C2)nc1. The molecule has 0 spiro atoms. The van der Waals surface area contributed by atoms with Gasteiger partial charge in [-0.3, -0.25) is 4.79 Å². The van der Waals surface area contributed by atoms with Gasteiger partial charge in [-0.15, -0.1) is 0 Å². The number of carbonyl (C=O) groups excluding carboxylic acids is 1. The van der Waals surface area contributed by atoms with Crippen molar-refractivity contribution in [1.29, 1.82) is 0 Å². The van der Waals surface area contributed by atoms with Gasteiger partial charge < -0.3 is 20.2 Å². The van der Waals surface area contributed by atoms with Crippen LogP contribution in [0.5, 0.6) is 0 Å². The van der Waals surface area contributed by atoms with Crippen LogP contribution in [0.3, 0.4) is 0 Å². The number of hydrogen-bond donors (Lipinski definition) is 2. The monoisotopic (exact) mass is 320 g/mol. The minimum absolute atomic E-state index is 0.0938. The molecule has 0 bridgehead atoms. The third-order valence-corrected chi connectivity index (χ3v) is 4.57. The van der Waals surface area contributed by atoms with Crippen LogP contribution in [0.2, 0.25) is 0 Å². The van der Waals surface area contributed by atoms with Gasteiger partial charge in [0.15, 0.2) is 0 Å². The summed E-state index contributed by atoms with van der Waals surface area (Å²) >= 11 is 0. The summed E-state index contributed by atoms with van der Waals surface area (Å²) in [5.41, 5.74) is 0.579. The smallest absolute Gasteiger partial charge is 0.252 e. The quantitative estimate of drug-likeness (QED) is 0.779. The van der Waals surface area contributed by atoms with Crippen LogP contribution < -0.4 is 10.2 Å². The van der Waals surface area contributed by atoms with Crippen LogP contribution in [-0.2, 0) is 0 Å². The third kappa shape index (κ3) is 4.42. The van der Waals surface area contributed by atoms with Gasteiger partial charge >= 0.3 is 0 Å². The molecule has 2 N–H and O–H groups in total. The van der Waals surface area contributed by atoms with E-state index in [0.717, 1.165) is 32.0 Å². The number of aliphatic hydroxyl groups excluding tert-OH is 1. The Bertz CT molecular complexity index is 506. The minimum Gasteiger partial charge on any atom is -0.396 e. The average molecular weight is 320 g/mol. The van der Waals surface area contributed by atoms with Crippen molar-refractivity contribution in [2.45, 2.75) is 13.8 Å². The molecule has 0 unspecified atom stereocenters. The second-order valence-corrected chi connectivity index (χ2v) is 6.23. The van der Waals surface area contributed by atoms with E-state index < -0.39 is 0 Å². The van der Waals surface area contributed by atoms with Crippen LogP contribution in [0.1, 0.15) is 24.2 Å². The highest BCUT2D eigenvalue weighted by Crippen LogP contribution is 2.27. The molecule has 1 aromatic rings. The molecule has 1 aromatic heterocycles. The highest BCUT2D eigenvalue weighted by molar-refractivity contribution is 5.94. The Morgan fingerprint density at radius 3 is 2.70 bits per heavy atom. The second-order valence-electron chi connectivity index (χ2n) is 6.23. The standard InChI is InChI=1S/C17H28N4O2/c1-4-18-17(23)13-6-7-16(19-8-13)21-10-14(9-20(3)5-2)15(11-21)12-22/h6-8,14-15,22H,4-5,9-12H2,1-3H3,(H,18,23)/t14-,15-/m1/s1. The number of hydrogen-bond acceptors (Lipinski definition) is 5. The first-order valence-corrected chi connectivity index (χ1v) is 8.37. The number of carbonyl (C=O) groups is 1. The molecule has 1 amide bonds. The maximum absolute atomic E-state index is 11.8. The lowest BCUT2D eigenvalue weighted by Crippen LogP contribution is -2.31. The van der Waals surface area contributed by atoms with Gasteiger partial charge in [-0.2, -0.15) is 0 Å². The number of nitrogens with zero attached hydrogens (tertiary/aromatic N) is 3. The molecule has 2 heterocycles. The summed E-state index contributed by atoms with van der Waals surface area (Å²) in [6.45, 7) is 8.54. The summed E-state index contributed by atoms with van der Waals surface area (Å²) < 4.78 is 0. The number of aromatic nitrogens is 1. The van der Waals surface area contributed by atoms with Crippen molar-refractivity contribution in [3.05, 3.63) is 23.9 Å². The van der Waals surface area contributed by atoms with Crippen molar-refractivity contribution in [3.63, 3.8) is 0 Å². The van der Waals surface area contributed by atoms with Crippen molar-refractivity contribution in [2.75, 3.05) is 51.3 Å². The highest BCUT2D eigenvalue weighted by atomic mass is 16.3. The molecule has 0 radical (unpaired) electrons. The molecular formula is C17H28N4O2. The molecule has 2 atom stereocenters. The van der Waals surface area contributed by atoms with Crippen molar-refractivity contribution < 1.29 is 9.90 Å². The van der Waals surface area contributed by atoms with Crippen LogP contribution in [0.25, 0.3) is 0 Å². The zero-order valence-corrected chi connectivity index (χ0v) is 14.3. The van der Waals surface area contributed by atoms with Gasteiger partial charge in [0, 0.05) is 44.9 Å². The summed E-state index contributed by atoms with van der Waals surface area (Å²) in [6.07, 6.45) is 1.62. The fourth-order valence-corrected chi connectivity index (χ4v) is 3.04. The Morgan fingerprint density at radius 1 is 1.39 bits per heavy atom. The topological polar surface area (TPSA) is 68.7 Å². The Morgan fingerprint density at radius 2 is 2.13 bits per heavy atom. The van der Waals surface area contributed by atoms with Gasteiger partial charge in [0.05, 0.1) is 5.56 Å². The van der Waals surface area contributed by atoms with Crippen LogP contribution in [0.4, 0.5) is 5.82 Å². The lowest BCUT2D eigenvalue weighted by molar-refractivity contribution is 0.0955. The molecule has 1 fully saturated rings. The number of rotatable bonds is 7. The Balaban J connectivity index is 2.03. The first kappa shape index (κ1) is 17.7. The molecule has 0 aliphatic carbocycles. The summed E-state index contributed by atoms with van der Waals surface area (Å²) in [7, 11) is 2.11. The van der Waals surface area contributed by atoms with Crippen molar-refractivity contribution >= 4 is 11.7 Å². The first-order valence-electron chi connectivity index (χ1n) is 8.37. The number of amides is 1. The molecule has 6 nitrogen and oxygen atoms in total. The fraction of sp³-hybridized carbons (Fsp3) is 0.647. The molecule has 6 heteroatoms. The Kier molecular flexibility index (Phi) is 6.36. The molecule has 1 saturated heterocycles. The predicted octanol–water partition coefficient (Wildman–Crippen LogP) is 0.828. The van der Waals surface area contributed by atoms with Gasteiger partial charge in [0.1, 0.15) is 5.82 Å². The maximum atomic E-state index is 11.8. The van der Waals surface area contributed by atoms with Gasteiger partial charge in [-0.25, -0.2) is 4.98 Å².